The number of pyridine rings is 1. The zero-order valence-electron chi connectivity index (χ0n) is 14.0. The molecule has 0 spiro atoms. The molecule has 2 heterocycles. The fourth-order valence-electron chi connectivity index (χ4n) is 3.28. The molecule has 26 heavy (non-hydrogen) atoms. The molecule has 0 saturated heterocycles. The largest absolute Gasteiger partial charge is 0.394 e. The van der Waals surface area contributed by atoms with E-state index in [-0.39, 0.29) is 12.2 Å². The van der Waals surface area contributed by atoms with Crippen LogP contribution in [0.4, 0.5) is 0 Å². The van der Waals surface area contributed by atoms with Gasteiger partial charge in [-0.2, -0.15) is 0 Å². The maximum absolute atomic E-state index is 12.7. The second-order valence-electron chi connectivity index (χ2n) is 6.30. The van der Waals surface area contributed by atoms with Crippen molar-refractivity contribution in [1.82, 2.24) is 4.57 Å². The third kappa shape index (κ3) is 3.09. The van der Waals surface area contributed by atoms with E-state index >= 15 is 0 Å². The number of aromatic nitrogens is 1. The number of aliphatic hydroxyl groups excluding tert-OH is 1. The second-order valence-corrected chi connectivity index (χ2v) is 6.73. The Bertz CT molecular complexity index is 1060. The zero-order valence-corrected chi connectivity index (χ0v) is 14.7. The molecule has 0 amide bonds. The standard InChI is InChI=1S/C21H17ClN2O2/c22-19-3-1-2-16(9-19)20(13-25)24-7-6-15(10-21(24)26)14-4-5-17-11-23-12-18(17)8-14/h1-10,12,20,25H,11,13H2/t20-/m1/s1. The number of hydrogen-bond acceptors (Lipinski definition) is 3. The van der Waals surface area contributed by atoms with Crippen LogP contribution in [0, 0.1) is 0 Å². The lowest BCUT2D eigenvalue weighted by Gasteiger charge is -2.18. The second kappa shape index (κ2) is 6.90. The van der Waals surface area contributed by atoms with Crippen LogP contribution in [0.2, 0.25) is 5.02 Å². The van der Waals surface area contributed by atoms with Gasteiger partial charge in [0.2, 0.25) is 0 Å². The topological polar surface area (TPSA) is 54.6 Å². The van der Waals surface area contributed by atoms with Crippen LogP contribution in [0.25, 0.3) is 11.1 Å². The van der Waals surface area contributed by atoms with Crippen molar-refractivity contribution in [2.75, 3.05) is 6.61 Å². The van der Waals surface area contributed by atoms with Crippen molar-refractivity contribution in [1.29, 1.82) is 0 Å². The van der Waals surface area contributed by atoms with Gasteiger partial charge in [-0.05, 0) is 52.1 Å². The maximum atomic E-state index is 12.7. The van der Waals surface area contributed by atoms with Crippen molar-refractivity contribution >= 4 is 17.8 Å². The van der Waals surface area contributed by atoms with Gasteiger partial charge in [0, 0.05) is 23.5 Å². The first-order valence-electron chi connectivity index (χ1n) is 8.37. The highest BCUT2D eigenvalue weighted by atomic mass is 35.5. The normalized spacial score (nSPS) is 13.6. The highest BCUT2D eigenvalue weighted by Gasteiger charge is 2.15. The molecule has 4 rings (SSSR count). The Balaban J connectivity index is 1.71. The molecule has 3 aromatic rings. The molecular weight excluding hydrogens is 348 g/mol. The minimum Gasteiger partial charge on any atom is -0.394 e. The average Bonchev–Trinajstić information content (AvgIpc) is 3.11. The van der Waals surface area contributed by atoms with Crippen molar-refractivity contribution in [3.05, 3.63) is 92.9 Å². The summed E-state index contributed by atoms with van der Waals surface area (Å²) in [6.45, 7) is 0.532. The van der Waals surface area contributed by atoms with Crippen LogP contribution in [0.1, 0.15) is 22.7 Å². The van der Waals surface area contributed by atoms with Crippen molar-refractivity contribution < 1.29 is 5.11 Å². The quantitative estimate of drug-likeness (QED) is 0.767. The molecule has 1 aliphatic rings. The van der Waals surface area contributed by atoms with E-state index in [0.717, 1.165) is 28.8 Å². The third-order valence-corrected chi connectivity index (χ3v) is 4.90. The Hall–Kier alpha value is -2.69. The van der Waals surface area contributed by atoms with Crippen molar-refractivity contribution in [2.45, 2.75) is 12.6 Å². The summed E-state index contributed by atoms with van der Waals surface area (Å²) in [5.41, 5.74) is 4.74. The van der Waals surface area contributed by atoms with Gasteiger partial charge in [0.15, 0.2) is 0 Å². The molecule has 0 saturated carbocycles. The predicted molar refractivity (Wildman–Crippen MR) is 104 cm³/mol. The molecule has 1 aliphatic heterocycles. The number of hydrogen-bond donors (Lipinski definition) is 1. The fourth-order valence-corrected chi connectivity index (χ4v) is 3.47. The first kappa shape index (κ1) is 16.8. The van der Waals surface area contributed by atoms with E-state index in [0.29, 0.717) is 5.02 Å². The van der Waals surface area contributed by atoms with Crippen LogP contribution < -0.4 is 5.56 Å². The lowest BCUT2D eigenvalue weighted by molar-refractivity contribution is 0.247. The van der Waals surface area contributed by atoms with E-state index in [1.807, 2.05) is 42.6 Å². The molecule has 5 heteroatoms. The Morgan fingerprint density at radius 3 is 2.73 bits per heavy atom. The van der Waals surface area contributed by atoms with Gasteiger partial charge in [-0.25, -0.2) is 0 Å². The Kier molecular flexibility index (Phi) is 4.45. The van der Waals surface area contributed by atoms with E-state index in [2.05, 4.69) is 4.99 Å². The van der Waals surface area contributed by atoms with Crippen LogP contribution in [0.5, 0.6) is 0 Å². The molecule has 0 bridgehead atoms. The predicted octanol–water partition coefficient (Wildman–Crippen LogP) is 3.68. The first-order chi connectivity index (χ1) is 12.7. The van der Waals surface area contributed by atoms with Gasteiger partial charge in [0.1, 0.15) is 0 Å². The molecule has 0 aliphatic carbocycles. The number of fused-ring (bicyclic) bond motifs is 1. The minimum absolute atomic E-state index is 0.171. The molecule has 2 aromatic carbocycles. The summed E-state index contributed by atoms with van der Waals surface area (Å²) >= 11 is 6.05. The third-order valence-electron chi connectivity index (χ3n) is 4.66. The van der Waals surface area contributed by atoms with Gasteiger partial charge in [-0.3, -0.25) is 9.79 Å². The van der Waals surface area contributed by atoms with Gasteiger partial charge in [-0.1, -0.05) is 35.9 Å². The van der Waals surface area contributed by atoms with Crippen molar-refractivity contribution in [3.8, 4) is 11.1 Å². The molecule has 0 radical (unpaired) electrons. The number of nitrogens with zero attached hydrogens (tertiary/aromatic N) is 2. The molecule has 1 atom stereocenters. The molecule has 0 unspecified atom stereocenters. The summed E-state index contributed by atoms with van der Waals surface area (Å²) in [5.74, 6) is 0. The maximum Gasteiger partial charge on any atom is 0.251 e. The van der Waals surface area contributed by atoms with Crippen LogP contribution >= 0.6 is 11.6 Å². The van der Waals surface area contributed by atoms with Crippen LogP contribution in [0.3, 0.4) is 0 Å². The molecule has 1 aromatic heterocycles. The van der Waals surface area contributed by atoms with Gasteiger partial charge >= 0.3 is 0 Å². The summed E-state index contributed by atoms with van der Waals surface area (Å²) in [6.07, 6.45) is 3.59. The van der Waals surface area contributed by atoms with E-state index in [1.54, 1.807) is 24.4 Å². The fraction of sp³-hybridized carbons (Fsp3) is 0.143. The Labute approximate surface area is 156 Å². The number of rotatable bonds is 4. The summed E-state index contributed by atoms with van der Waals surface area (Å²) in [5, 5.41) is 10.4. The van der Waals surface area contributed by atoms with Crippen molar-refractivity contribution in [2.24, 2.45) is 4.99 Å². The van der Waals surface area contributed by atoms with E-state index in [1.165, 1.54) is 10.1 Å². The number of benzene rings is 2. The lowest BCUT2D eigenvalue weighted by Crippen LogP contribution is -2.26. The minimum atomic E-state index is -0.470. The van der Waals surface area contributed by atoms with E-state index in [4.69, 9.17) is 11.6 Å². The van der Waals surface area contributed by atoms with Crippen LogP contribution in [0.15, 0.2) is 70.6 Å². The van der Waals surface area contributed by atoms with E-state index < -0.39 is 6.04 Å². The molecule has 4 nitrogen and oxygen atoms in total. The molecule has 1 N–H and O–H groups in total. The number of aliphatic hydroxyl groups is 1. The summed E-state index contributed by atoms with van der Waals surface area (Å²) < 4.78 is 1.53. The van der Waals surface area contributed by atoms with Crippen LogP contribution in [-0.4, -0.2) is 22.5 Å². The highest BCUT2D eigenvalue weighted by molar-refractivity contribution is 6.30. The zero-order chi connectivity index (χ0) is 18.1. The Morgan fingerprint density at radius 1 is 1.12 bits per heavy atom. The average molecular weight is 365 g/mol. The summed E-state index contributed by atoms with van der Waals surface area (Å²) in [7, 11) is 0. The van der Waals surface area contributed by atoms with Gasteiger partial charge in [0.05, 0.1) is 19.2 Å². The lowest BCUT2D eigenvalue weighted by atomic mass is 10.0. The summed E-state index contributed by atoms with van der Waals surface area (Å²) in [4.78, 5) is 17.0. The van der Waals surface area contributed by atoms with E-state index in [9.17, 15) is 9.90 Å². The molecular formula is C21H17ClN2O2. The smallest absolute Gasteiger partial charge is 0.251 e. The SMILES string of the molecule is O=c1cc(-c2ccc3c(c2)C=NC3)ccn1[C@H](CO)c1cccc(Cl)c1. The molecule has 130 valence electrons. The van der Waals surface area contributed by atoms with Gasteiger partial charge in [0.25, 0.3) is 5.56 Å². The van der Waals surface area contributed by atoms with Gasteiger partial charge in [-0.15, -0.1) is 0 Å². The monoisotopic (exact) mass is 364 g/mol. The molecule has 0 fully saturated rings. The van der Waals surface area contributed by atoms with Crippen LogP contribution in [-0.2, 0) is 6.54 Å². The van der Waals surface area contributed by atoms with Crippen molar-refractivity contribution in [3.63, 3.8) is 0 Å². The number of halogens is 1. The first-order valence-corrected chi connectivity index (χ1v) is 8.75. The number of aliphatic imine (C=N–C) groups is 1. The highest BCUT2D eigenvalue weighted by Crippen LogP contribution is 2.25. The Morgan fingerprint density at radius 2 is 1.96 bits per heavy atom. The van der Waals surface area contributed by atoms with Gasteiger partial charge < -0.3 is 9.67 Å². The summed E-state index contributed by atoms with van der Waals surface area (Å²) in [6, 6.07) is 16.3.